The first-order chi connectivity index (χ1) is 17.1. The molecule has 0 saturated heterocycles. The second-order valence-corrected chi connectivity index (χ2v) is 11.0. The molecule has 0 fully saturated rings. The van der Waals surface area contributed by atoms with Gasteiger partial charge in [-0.3, -0.25) is 0 Å². The third-order valence-electron chi connectivity index (χ3n) is 6.39. The number of urea groups is 1. The van der Waals surface area contributed by atoms with Gasteiger partial charge >= 0.3 is 6.03 Å². The van der Waals surface area contributed by atoms with Crippen LogP contribution >= 0.6 is 22.7 Å². The summed E-state index contributed by atoms with van der Waals surface area (Å²) in [4.78, 5) is 18.0. The van der Waals surface area contributed by atoms with Crippen LogP contribution in [0.2, 0.25) is 0 Å². The van der Waals surface area contributed by atoms with Crippen molar-refractivity contribution in [2.45, 2.75) is 52.0 Å². The van der Waals surface area contributed by atoms with Gasteiger partial charge in [-0.1, -0.05) is 25.2 Å². The topological polar surface area (TPSA) is 65.5 Å². The number of aliphatic imine (C=N–C) groups is 1. The molecule has 2 amide bonds. The third kappa shape index (κ3) is 5.43. The Balaban J connectivity index is 1.35. The maximum absolute atomic E-state index is 12.1. The molecule has 3 aromatic rings. The number of nitrogens with one attached hydrogen (secondary N) is 3. The van der Waals surface area contributed by atoms with Crippen LogP contribution in [-0.2, 0) is 0 Å². The third-order valence-corrected chi connectivity index (χ3v) is 8.61. The van der Waals surface area contributed by atoms with E-state index in [9.17, 15) is 4.79 Å². The first-order valence-electron chi connectivity index (χ1n) is 12.2. The van der Waals surface area contributed by atoms with E-state index in [-0.39, 0.29) is 12.1 Å². The Hall–Kier alpha value is -3.12. The molecule has 3 heterocycles. The van der Waals surface area contributed by atoms with Crippen LogP contribution in [0, 0.1) is 6.92 Å². The number of benzene rings is 1. The summed E-state index contributed by atoms with van der Waals surface area (Å²) in [6.07, 6.45) is 10.8. The van der Waals surface area contributed by atoms with Gasteiger partial charge in [-0.15, -0.1) is 22.7 Å². The molecule has 0 bridgehead atoms. The summed E-state index contributed by atoms with van der Waals surface area (Å²) in [7, 11) is 0. The number of aryl methyl sites for hydroxylation is 1. The number of amides is 2. The predicted octanol–water partition coefficient (Wildman–Crippen LogP) is 5.50. The molecule has 1 aliphatic heterocycles. The zero-order valence-corrected chi connectivity index (χ0v) is 21.7. The second-order valence-electron chi connectivity index (χ2n) is 9.00. The van der Waals surface area contributed by atoms with Crippen LogP contribution in [0.25, 0.3) is 27.2 Å². The van der Waals surface area contributed by atoms with Crippen LogP contribution in [0.5, 0.6) is 0 Å². The van der Waals surface area contributed by atoms with Gasteiger partial charge in [0.1, 0.15) is 5.82 Å². The average Bonchev–Trinajstić information content (AvgIpc) is 3.40. The van der Waals surface area contributed by atoms with Gasteiger partial charge in [-0.05, 0) is 84.9 Å². The maximum atomic E-state index is 12.1. The average molecular weight is 503 g/mol. The lowest BCUT2D eigenvalue weighted by Gasteiger charge is -2.22. The summed E-state index contributed by atoms with van der Waals surface area (Å²) < 4.78 is 2.38. The van der Waals surface area contributed by atoms with Crippen molar-refractivity contribution < 1.29 is 4.79 Å². The summed E-state index contributed by atoms with van der Waals surface area (Å²) in [6, 6.07) is 8.85. The molecule has 1 atom stereocenters. The summed E-state index contributed by atoms with van der Waals surface area (Å²) >= 11 is 3.53. The summed E-state index contributed by atoms with van der Waals surface area (Å²) in [5, 5.41) is 14.2. The number of carbonyl (C=O) groups excluding carboxylic acids is 1. The Bertz CT molecular complexity index is 1470. The lowest BCUT2D eigenvalue weighted by atomic mass is 9.94. The number of nitrogens with zero attached hydrogens (tertiary/aromatic N) is 1. The molecule has 0 radical (unpaired) electrons. The summed E-state index contributed by atoms with van der Waals surface area (Å²) in [6.45, 7) is 5.01. The molecule has 3 N–H and O–H groups in total. The van der Waals surface area contributed by atoms with Crippen molar-refractivity contribution in [1.82, 2.24) is 10.6 Å². The molecular formula is C28H30N4OS2. The SMILES string of the molecule is CCCCNC(=O)NC1CC=C(c2cc3c(s2)=C=CC=NC=3Nc2ccc3scc(C)c3c2)CC1. The van der Waals surface area contributed by atoms with Crippen LogP contribution in [-0.4, -0.2) is 24.8 Å². The molecule has 1 aromatic carbocycles. The first-order valence-corrected chi connectivity index (χ1v) is 13.9. The monoisotopic (exact) mass is 502 g/mol. The standard InChI is InChI=1S/C28H30N4OS2/c1-3-4-13-30-28(33)32-20-9-7-19(8-10-20)26-16-23-25(35-26)6-5-14-29-27(23)31-21-11-12-24-22(15-21)18(2)17-34-24/h5,7,11-12,14-17,20,31H,3-4,8-10,13H2,1-2H3,(H2,30,32,33). The van der Waals surface area contributed by atoms with Crippen molar-refractivity contribution in [2.24, 2.45) is 4.99 Å². The summed E-state index contributed by atoms with van der Waals surface area (Å²) in [5.74, 6) is 0.843. The Morgan fingerprint density at radius 1 is 1.29 bits per heavy atom. The molecule has 35 heavy (non-hydrogen) atoms. The van der Waals surface area contributed by atoms with Gasteiger partial charge in [-0.25, -0.2) is 9.79 Å². The predicted molar refractivity (Wildman–Crippen MR) is 151 cm³/mol. The van der Waals surface area contributed by atoms with Crippen molar-refractivity contribution in [1.29, 1.82) is 0 Å². The number of hydrogen-bond donors (Lipinski definition) is 3. The van der Waals surface area contributed by atoms with Crippen molar-refractivity contribution in [3.05, 3.63) is 62.0 Å². The molecule has 1 unspecified atom stereocenters. The number of hydrogen-bond acceptors (Lipinski definition) is 5. The highest BCUT2D eigenvalue weighted by atomic mass is 32.1. The fourth-order valence-electron chi connectivity index (χ4n) is 4.40. The zero-order valence-electron chi connectivity index (χ0n) is 20.1. The normalized spacial score (nSPS) is 16.9. The Morgan fingerprint density at radius 3 is 3.03 bits per heavy atom. The number of unbranched alkanes of at least 4 members (excludes halogenated alkanes) is 1. The smallest absolute Gasteiger partial charge is 0.315 e. The van der Waals surface area contributed by atoms with Gasteiger partial charge in [0.15, 0.2) is 0 Å². The van der Waals surface area contributed by atoms with Crippen LogP contribution in [0.3, 0.4) is 0 Å². The van der Waals surface area contributed by atoms with Gasteiger partial charge in [0.2, 0.25) is 0 Å². The highest BCUT2D eigenvalue weighted by Gasteiger charge is 2.18. The molecule has 7 heteroatoms. The molecular weight excluding hydrogens is 472 g/mol. The number of rotatable bonds is 7. The Kier molecular flexibility index (Phi) is 7.19. The molecule has 0 saturated carbocycles. The highest BCUT2D eigenvalue weighted by Crippen LogP contribution is 2.30. The first kappa shape index (κ1) is 23.6. The van der Waals surface area contributed by atoms with E-state index in [1.54, 1.807) is 28.9 Å². The fraction of sp³-hybridized carbons (Fsp3) is 0.321. The van der Waals surface area contributed by atoms with E-state index in [2.05, 4.69) is 76.2 Å². The van der Waals surface area contributed by atoms with Crippen molar-refractivity contribution in [3.63, 3.8) is 0 Å². The minimum absolute atomic E-state index is 0.0538. The number of anilines is 1. The van der Waals surface area contributed by atoms with E-state index in [1.807, 2.05) is 6.08 Å². The quantitative estimate of drug-likeness (QED) is 0.373. The molecule has 5 nitrogen and oxygen atoms in total. The lowest BCUT2D eigenvalue weighted by Crippen LogP contribution is -2.42. The molecule has 1 aliphatic carbocycles. The molecule has 2 aromatic heterocycles. The number of allylic oxidation sites excluding steroid dienone is 2. The number of fused-ring (bicyclic) bond motifs is 2. The van der Waals surface area contributed by atoms with E-state index in [1.165, 1.54) is 26.1 Å². The van der Waals surface area contributed by atoms with E-state index in [4.69, 9.17) is 0 Å². The van der Waals surface area contributed by atoms with E-state index in [0.717, 1.165) is 59.9 Å². The van der Waals surface area contributed by atoms with Crippen LogP contribution in [0.15, 0.2) is 46.8 Å². The second kappa shape index (κ2) is 10.6. The Morgan fingerprint density at radius 2 is 2.20 bits per heavy atom. The van der Waals surface area contributed by atoms with E-state index < -0.39 is 0 Å². The van der Waals surface area contributed by atoms with Crippen molar-refractivity contribution in [3.8, 4) is 0 Å². The molecule has 180 valence electrons. The Labute approximate surface area is 213 Å². The van der Waals surface area contributed by atoms with Crippen molar-refractivity contribution in [2.75, 3.05) is 11.9 Å². The van der Waals surface area contributed by atoms with Crippen molar-refractivity contribution >= 4 is 67.8 Å². The maximum Gasteiger partial charge on any atom is 0.315 e. The number of thiophene rings is 2. The minimum atomic E-state index is -0.0538. The van der Waals surface area contributed by atoms with Gasteiger partial charge in [0.25, 0.3) is 0 Å². The molecule has 5 rings (SSSR count). The van der Waals surface area contributed by atoms with Crippen LogP contribution in [0.4, 0.5) is 10.5 Å². The van der Waals surface area contributed by atoms with Gasteiger partial charge in [0, 0.05) is 39.3 Å². The lowest BCUT2D eigenvalue weighted by molar-refractivity contribution is 0.236. The van der Waals surface area contributed by atoms with Crippen LogP contribution < -0.4 is 25.7 Å². The van der Waals surface area contributed by atoms with Gasteiger partial charge < -0.3 is 16.0 Å². The number of carbonyl (C=O) groups is 1. The highest BCUT2D eigenvalue weighted by molar-refractivity contribution is 7.17. The zero-order chi connectivity index (χ0) is 24.2. The van der Waals surface area contributed by atoms with Crippen LogP contribution in [0.1, 0.15) is 49.5 Å². The summed E-state index contributed by atoms with van der Waals surface area (Å²) in [5.41, 5.74) is 7.06. The fourth-order valence-corrected chi connectivity index (χ4v) is 6.43. The van der Waals surface area contributed by atoms with E-state index in [0.29, 0.717) is 0 Å². The van der Waals surface area contributed by atoms with Gasteiger partial charge in [-0.2, -0.15) is 0 Å². The minimum Gasteiger partial charge on any atom is -0.340 e. The molecule has 0 spiro atoms. The largest absolute Gasteiger partial charge is 0.340 e. The van der Waals surface area contributed by atoms with Gasteiger partial charge in [0.05, 0.1) is 4.53 Å². The van der Waals surface area contributed by atoms with E-state index >= 15 is 0 Å². The molecule has 2 aliphatic rings.